The first-order valence-electron chi connectivity index (χ1n) is 9.85. The van der Waals surface area contributed by atoms with Crippen molar-refractivity contribution in [2.75, 3.05) is 14.2 Å². The van der Waals surface area contributed by atoms with Gasteiger partial charge in [-0.05, 0) is 35.4 Å². The SMILES string of the molecule is COC(=O)C1=CC(CC(C)c2ccccc2)C=C(C(=O)OC)C1c1ccccc1Cl. The summed E-state index contributed by atoms with van der Waals surface area (Å²) in [6, 6.07) is 17.3. The van der Waals surface area contributed by atoms with Gasteiger partial charge in [-0.25, -0.2) is 9.59 Å². The topological polar surface area (TPSA) is 52.6 Å². The summed E-state index contributed by atoms with van der Waals surface area (Å²) in [5, 5.41) is 0.475. The van der Waals surface area contributed by atoms with Gasteiger partial charge in [0.05, 0.1) is 14.2 Å². The summed E-state index contributed by atoms with van der Waals surface area (Å²) in [5.74, 6) is -1.49. The average Bonchev–Trinajstić information content (AvgIpc) is 2.78. The molecule has 2 aromatic carbocycles. The number of carbonyl (C=O) groups excluding carboxylic acids is 2. The summed E-state index contributed by atoms with van der Waals surface area (Å²) < 4.78 is 10.1. The highest BCUT2D eigenvalue weighted by Crippen LogP contribution is 2.42. The van der Waals surface area contributed by atoms with Crippen LogP contribution in [0.4, 0.5) is 0 Å². The molecule has 0 saturated heterocycles. The van der Waals surface area contributed by atoms with Crippen LogP contribution < -0.4 is 0 Å². The minimum absolute atomic E-state index is 0.123. The van der Waals surface area contributed by atoms with Crippen molar-refractivity contribution < 1.29 is 19.1 Å². The van der Waals surface area contributed by atoms with Crippen molar-refractivity contribution in [2.24, 2.45) is 5.92 Å². The Bertz CT molecular complexity index is 944. The first-order valence-corrected chi connectivity index (χ1v) is 10.2. The van der Waals surface area contributed by atoms with Gasteiger partial charge in [-0.3, -0.25) is 0 Å². The van der Waals surface area contributed by atoms with Crippen LogP contribution in [0, 0.1) is 5.92 Å². The van der Waals surface area contributed by atoms with Gasteiger partial charge in [0.25, 0.3) is 0 Å². The van der Waals surface area contributed by atoms with Crippen LogP contribution in [-0.4, -0.2) is 26.2 Å². The lowest BCUT2D eigenvalue weighted by molar-refractivity contribution is -0.137. The lowest BCUT2D eigenvalue weighted by Crippen LogP contribution is -2.25. The van der Waals surface area contributed by atoms with Crippen LogP contribution in [0.3, 0.4) is 0 Å². The Morgan fingerprint density at radius 2 is 1.43 bits per heavy atom. The summed E-state index contributed by atoms with van der Waals surface area (Å²) >= 11 is 6.43. The van der Waals surface area contributed by atoms with Gasteiger partial charge < -0.3 is 9.47 Å². The maximum atomic E-state index is 12.7. The molecule has 0 heterocycles. The van der Waals surface area contributed by atoms with Crippen LogP contribution >= 0.6 is 11.6 Å². The molecule has 0 bridgehead atoms. The molecule has 0 aromatic heterocycles. The number of methoxy groups -OCH3 is 2. The summed E-state index contributed by atoms with van der Waals surface area (Å²) in [6.07, 6.45) is 4.53. The Morgan fingerprint density at radius 1 is 0.900 bits per heavy atom. The molecular formula is C25H25ClO4. The lowest BCUT2D eigenvalue weighted by atomic mass is 9.75. The van der Waals surface area contributed by atoms with Crippen molar-refractivity contribution in [3.8, 4) is 0 Å². The van der Waals surface area contributed by atoms with Crippen LogP contribution in [-0.2, 0) is 19.1 Å². The van der Waals surface area contributed by atoms with Gasteiger partial charge >= 0.3 is 11.9 Å². The molecule has 3 rings (SSSR count). The molecule has 1 aliphatic rings. The molecule has 156 valence electrons. The smallest absolute Gasteiger partial charge is 0.334 e. The second kappa shape index (κ2) is 9.77. The fourth-order valence-corrected chi connectivity index (χ4v) is 4.23. The van der Waals surface area contributed by atoms with Gasteiger partial charge in [0, 0.05) is 22.1 Å². The number of rotatable bonds is 6. The molecule has 1 aliphatic carbocycles. The molecule has 0 radical (unpaired) electrons. The number of halogens is 1. The van der Waals surface area contributed by atoms with Crippen molar-refractivity contribution in [1.82, 2.24) is 0 Å². The summed E-state index contributed by atoms with van der Waals surface area (Å²) in [5.41, 5.74) is 2.67. The Balaban J connectivity index is 2.05. The number of esters is 2. The van der Waals surface area contributed by atoms with Crippen molar-refractivity contribution in [3.63, 3.8) is 0 Å². The largest absolute Gasteiger partial charge is 0.466 e. The van der Waals surface area contributed by atoms with Crippen molar-refractivity contribution in [3.05, 3.63) is 94.0 Å². The average molecular weight is 425 g/mol. The van der Waals surface area contributed by atoms with Crippen LogP contribution in [0.2, 0.25) is 5.02 Å². The number of carbonyl (C=O) groups is 2. The van der Waals surface area contributed by atoms with Gasteiger partial charge in [-0.2, -0.15) is 0 Å². The highest BCUT2D eigenvalue weighted by Gasteiger charge is 2.36. The Morgan fingerprint density at radius 3 is 1.97 bits per heavy atom. The first kappa shape index (κ1) is 21.8. The molecule has 0 spiro atoms. The van der Waals surface area contributed by atoms with Crippen molar-refractivity contribution in [1.29, 1.82) is 0 Å². The zero-order valence-electron chi connectivity index (χ0n) is 17.3. The molecule has 0 aliphatic heterocycles. The fourth-order valence-electron chi connectivity index (χ4n) is 3.98. The predicted octanol–water partition coefficient (Wildman–Crippen LogP) is 5.45. The van der Waals surface area contributed by atoms with Gasteiger partial charge in [-0.1, -0.05) is 79.2 Å². The molecule has 30 heavy (non-hydrogen) atoms. The van der Waals surface area contributed by atoms with E-state index >= 15 is 0 Å². The molecule has 1 unspecified atom stereocenters. The normalized spacial score (nSPS) is 19.3. The van der Waals surface area contributed by atoms with Gasteiger partial charge in [0.15, 0.2) is 0 Å². The monoisotopic (exact) mass is 424 g/mol. The minimum atomic E-state index is -0.637. The summed E-state index contributed by atoms with van der Waals surface area (Å²) in [4.78, 5) is 25.4. The third-order valence-electron chi connectivity index (χ3n) is 5.46. The summed E-state index contributed by atoms with van der Waals surface area (Å²) in [6.45, 7) is 2.13. The third kappa shape index (κ3) is 4.65. The lowest BCUT2D eigenvalue weighted by Gasteiger charge is -2.29. The van der Waals surface area contributed by atoms with Crippen molar-refractivity contribution in [2.45, 2.75) is 25.2 Å². The van der Waals surface area contributed by atoms with E-state index in [1.807, 2.05) is 48.6 Å². The number of allylic oxidation sites excluding steroid dienone is 2. The van der Waals surface area contributed by atoms with E-state index in [4.69, 9.17) is 21.1 Å². The number of hydrogen-bond donors (Lipinski definition) is 0. The molecule has 0 N–H and O–H groups in total. The van der Waals surface area contributed by atoms with E-state index in [1.165, 1.54) is 19.8 Å². The second-order valence-electron chi connectivity index (χ2n) is 7.39. The molecule has 4 nitrogen and oxygen atoms in total. The maximum Gasteiger partial charge on any atom is 0.334 e. The van der Waals surface area contributed by atoms with E-state index in [1.54, 1.807) is 6.07 Å². The Kier molecular flexibility index (Phi) is 7.11. The Labute approximate surface area is 182 Å². The molecular weight excluding hydrogens is 400 g/mol. The number of hydrogen-bond acceptors (Lipinski definition) is 4. The second-order valence-corrected chi connectivity index (χ2v) is 7.80. The van der Waals surface area contributed by atoms with E-state index in [0.29, 0.717) is 21.7 Å². The van der Waals surface area contributed by atoms with Crippen LogP contribution in [0.1, 0.15) is 36.3 Å². The summed E-state index contributed by atoms with van der Waals surface area (Å²) in [7, 11) is 2.68. The van der Waals surface area contributed by atoms with E-state index in [0.717, 1.165) is 6.42 Å². The highest BCUT2D eigenvalue weighted by atomic mass is 35.5. The van der Waals surface area contributed by atoms with Gasteiger partial charge in [0.2, 0.25) is 0 Å². The van der Waals surface area contributed by atoms with E-state index < -0.39 is 17.9 Å². The maximum absolute atomic E-state index is 12.7. The molecule has 0 amide bonds. The number of ether oxygens (including phenoxy) is 2. The molecule has 2 aromatic rings. The molecule has 0 saturated carbocycles. The predicted molar refractivity (Wildman–Crippen MR) is 117 cm³/mol. The molecule has 0 fully saturated rings. The third-order valence-corrected chi connectivity index (χ3v) is 5.81. The minimum Gasteiger partial charge on any atom is -0.466 e. The van der Waals surface area contributed by atoms with Gasteiger partial charge in [0.1, 0.15) is 0 Å². The zero-order valence-corrected chi connectivity index (χ0v) is 18.1. The quantitative estimate of drug-likeness (QED) is 0.579. The standard InChI is InChI=1S/C25H25ClO4/c1-16(18-9-5-4-6-10-18)13-17-14-20(24(27)29-2)23(21(15-17)25(28)30-3)19-11-7-8-12-22(19)26/h4-12,14-17,23H,13H2,1-3H3. The van der Waals surface area contributed by atoms with E-state index in [9.17, 15) is 9.59 Å². The Hall–Kier alpha value is -2.85. The van der Waals surface area contributed by atoms with Crippen LogP contribution in [0.5, 0.6) is 0 Å². The first-order chi connectivity index (χ1) is 14.5. The highest BCUT2D eigenvalue weighted by molar-refractivity contribution is 6.31. The number of benzene rings is 2. The van der Waals surface area contributed by atoms with Crippen LogP contribution in [0.25, 0.3) is 0 Å². The van der Waals surface area contributed by atoms with Crippen molar-refractivity contribution >= 4 is 23.5 Å². The molecule has 1 atom stereocenters. The zero-order chi connectivity index (χ0) is 21.7. The van der Waals surface area contributed by atoms with Gasteiger partial charge in [-0.15, -0.1) is 0 Å². The van der Waals surface area contributed by atoms with E-state index in [-0.39, 0.29) is 11.8 Å². The van der Waals surface area contributed by atoms with E-state index in [2.05, 4.69) is 19.1 Å². The fraction of sp³-hybridized carbons (Fsp3) is 0.280. The van der Waals surface area contributed by atoms with Crippen LogP contribution in [0.15, 0.2) is 77.9 Å². The molecule has 5 heteroatoms.